The molecule has 1 heterocycles. The van der Waals surface area contributed by atoms with E-state index < -0.39 is 10.2 Å². The molecule has 1 fully saturated rings. The fourth-order valence-corrected chi connectivity index (χ4v) is 6.55. The molecule has 1 aliphatic rings. The van der Waals surface area contributed by atoms with E-state index in [0.717, 1.165) is 5.92 Å². The van der Waals surface area contributed by atoms with Crippen molar-refractivity contribution in [3.63, 3.8) is 0 Å². The largest absolute Gasteiger partial charge is 0.280 e. The first-order chi connectivity index (χ1) is 6.04. The van der Waals surface area contributed by atoms with Crippen molar-refractivity contribution in [1.82, 2.24) is 4.72 Å². The van der Waals surface area contributed by atoms with Crippen LogP contribution in [0, 0.1) is 5.92 Å². The summed E-state index contributed by atoms with van der Waals surface area (Å²) < 4.78 is 4.39. The minimum absolute atomic E-state index is 0.560. The highest BCUT2D eigenvalue weighted by molar-refractivity contribution is 8.32. The Bertz CT molecular complexity index is 173. The molecule has 0 aromatic rings. The van der Waals surface area contributed by atoms with Crippen LogP contribution in [0.1, 0.15) is 40.0 Å². The van der Waals surface area contributed by atoms with Crippen LogP contribution in [-0.4, -0.2) is 23.8 Å². The van der Waals surface area contributed by atoms with E-state index in [4.69, 9.17) is 0 Å². The van der Waals surface area contributed by atoms with Gasteiger partial charge in [0.2, 0.25) is 0 Å². The van der Waals surface area contributed by atoms with E-state index in [1.807, 2.05) is 0 Å². The fraction of sp³-hybridized carbons (Fsp3) is 1.00. The molecule has 80 valence electrons. The number of hydrogen-bond donors (Lipinski definition) is 1. The summed E-state index contributed by atoms with van der Waals surface area (Å²) in [5, 5.41) is 0. The molecule has 0 radical (unpaired) electrons. The minimum Gasteiger partial charge on any atom is -0.280 e. The molecule has 1 nitrogen and oxygen atoms in total. The molecule has 0 aromatic heterocycles. The number of rotatable bonds is 3. The van der Waals surface area contributed by atoms with Crippen LogP contribution in [0.25, 0.3) is 0 Å². The number of nitrogens with one attached hydrogen (secondary N) is 1. The normalized spacial score (nSPS) is 33.2. The highest BCUT2D eigenvalue weighted by atomic mass is 32.3. The van der Waals surface area contributed by atoms with Gasteiger partial charge < -0.3 is 0 Å². The molecule has 0 amide bonds. The van der Waals surface area contributed by atoms with Crippen molar-refractivity contribution >= 4 is 10.2 Å². The highest BCUT2D eigenvalue weighted by Crippen LogP contribution is 2.62. The molecule has 13 heavy (non-hydrogen) atoms. The predicted molar refractivity (Wildman–Crippen MR) is 64.5 cm³/mol. The first-order valence-electron chi connectivity index (χ1n) is 5.51. The molecule has 0 bridgehead atoms. The van der Waals surface area contributed by atoms with Crippen molar-refractivity contribution in [3.8, 4) is 0 Å². The van der Waals surface area contributed by atoms with Crippen molar-refractivity contribution in [2.24, 2.45) is 5.92 Å². The van der Waals surface area contributed by atoms with Gasteiger partial charge in [-0.1, -0.05) is 27.2 Å². The Labute approximate surface area is 85.1 Å². The van der Waals surface area contributed by atoms with Crippen molar-refractivity contribution in [2.75, 3.05) is 19.1 Å². The zero-order valence-corrected chi connectivity index (χ0v) is 10.6. The lowest BCUT2D eigenvalue weighted by Crippen LogP contribution is -2.37. The van der Waals surface area contributed by atoms with Crippen LogP contribution in [0.4, 0.5) is 0 Å². The van der Waals surface area contributed by atoms with Crippen molar-refractivity contribution in [1.29, 1.82) is 0 Å². The van der Waals surface area contributed by atoms with Crippen LogP contribution < -0.4 is 4.72 Å². The van der Waals surface area contributed by atoms with E-state index in [1.54, 1.807) is 0 Å². The highest BCUT2D eigenvalue weighted by Gasteiger charge is 2.48. The molecule has 1 atom stereocenters. The van der Waals surface area contributed by atoms with E-state index in [9.17, 15) is 0 Å². The maximum Gasteiger partial charge on any atom is 0.0147 e. The molecule has 0 aromatic carbocycles. The van der Waals surface area contributed by atoms with Gasteiger partial charge in [-0.2, -0.15) is 10.2 Å². The molecule has 1 rings (SSSR count). The van der Waals surface area contributed by atoms with E-state index in [1.165, 1.54) is 25.8 Å². The summed E-state index contributed by atoms with van der Waals surface area (Å²) >= 11 is 0. The van der Waals surface area contributed by atoms with Crippen molar-refractivity contribution < 1.29 is 0 Å². The average molecular weight is 203 g/mol. The third-order valence-electron chi connectivity index (χ3n) is 4.14. The Morgan fingerprint density at radius 1 is 1.23 bits per heavy atom. The third kappa shape index (κ3) is 1.52. The van der Waals surface area contributed by atoms with Crippen LogP contribution in [0.2, 0.25) is 0 Å². The summed E-state index contributed by atoms with van der Waals surface area (Å²) in [6.07, 6.45) is 8.94. The van der Waals surface area contributed by atoms with Gasteiger partial charge in [-0.3, -0.25) is 4.72 Å². The second kappa shape index (κ2) is 3.82. The Balaban J connectivity index is 2.96. The molecular formula is C11H25NS. The SMILES string of the molecule is CCC1CNS(C)(C)C1(CC)CC. The second-order valence-electron chi connectivity index (χ2n) is 4.55. The maximum atomic E-state index is 3.77. The topological polar surface area (TPSA) is 12.0 Å². The van der Waals surface area contributed by atoms with Crippen molar-refractivity contribution in [2.45, 2.75) is 44.8 Å². The van der Waals surface area contributed by atoms with Crippen LogP contribution in [-0.2, 0) is 0 Å². The molecule has 0 aliphatic carbocycles. The summed E-state index contributed by atoms with van der Waals surface area (Å²) in [6.45, 7) is 8.33. The second-order valence-corrected chi connectivity index (χ2v) is 8.31. The first kappa shape index (κ1) is 11.4. The zero-order valence-electron chi connectivity index (χ0n) is 9.81. The molecule has 0 spiro atoms. The maximum absolute atomic E-state index is 3.77. The molecule has 1 aliphatic heterocycles. The van der Waals surface area contributed by atoms with Crippen LogP contribution in [0.15, 0.2) is 0 Å². The minimum atomic E-state index is -0.560. The summed E-state index contributed by atoms with van der Waals surface area (Å²) in [5.74, 6) is 0.910. The summed E-state index contributed by atoms with van der Waals surface area (Å²) in [5.41, 5.74) is 0. The fourth-order valence-electron chi connectivity index (χ4n) is 3.12. The van der Waals surface area contributed by atoms with Gasteiger partial charge in [-0.15, -0.1) is 0 Å². The molecule has 1 saturated heterocycles. The third-order valence-corrected chi connectivity index (χ3v) is 7.97. The summed E-state index contributed by atoms with van der Waals surface area (Å²) in [4.78, 5) is 0. The molecule has 2 heteroatoms. The van der Waals surface area contributed by atoms with E-state index >= 15 is 0 Å². The Kier molecular flexibility index (Phi) is 3.34. The molecule has 1 unspecified atom stereocenters. The van der Waals surface area contributed by atoms with Gasteiger partial charge >= 0.3 is 0 Å². The monoisotopic (exact) mass is 203 g/mol. The summed E-state index contributed by atoms with van der Waals surface area (Å²) in [7, 11) is -0.560. The van der Waals surface area contributed by atoms with Gasteiger partial charge in [0.25, 0.3) is 0 Å². The molecular weight excluding hydrogens is 178 g/mol. The lowest BCUT2D eigenvalue weighted by Gasteiger charge is -2.47. The number of hydrogen-bond acceptors (Lipinski definition) is 1. The van der Waals surface area contributed by atoms with Gasteiger partial charge in [0.05, 0.1) is 0 Å². The summed E-state index contributed by atoms with van der Waals surface area (Å²) in [6, 6.07) is 0. The van der Waals surface area contributed by atoms with E-state index in [-0.39, 0.29) is 0 Å². The lowest BCUT2D eigenvalue weighted by molar-refractivity contribution is 0.368. The van der Waals surface area contributed by atoms with Gasteiger partial charge in [0, 0.05) is 11.3 Å². The molecule has 0 saturated carbocycles. The van der Waals surface area contributed by atoms with Gasteiger partial charge in [0.1, 0.15) is 0 Å². The quantitative estimate of drug-likeness (QED) is 0.743. The van der Waals surface area contributed by atoms with Crippen LogP contribution >= 0.6 is 10.2 Å². The van der Waals surface area contributed by atoms with Gasteiger partial charge in [0.15, 0.2) is 0 Å². The smallest absolute Gasteiger partial charge is 0.0147 e. The van der Waals surface area contributed by atoms with Crippen LogP contribution in [0.5, 0.6) is 0 Å². The van der Waals surface area contributed by atoms with Gasteiger partial charge in [-0.25, -0.2) is 0 Å². The zero-order chi connectivity index (χ0) is 10.1. The van der Waals surface area contributed by atoms with Gasteiger partial charge in [-0.05, 0) is 31.3 Å². The molecule has 1 N–H and O–H groups in total. The lowest BCUT2D eigenvalue weighted by atomic mass is 9.85. The van der Waals surface area contributed by atoms with E-state index in [0.29, 0.717) is 4.75 Å². The predicted octanol–water partition coefficient (Wildman–Crippen LogP) is 3.15. The standard InChI is InChI=1S/C11H25NS/c1-6-10-9-12-13(4,5)11(10,7-2)8-3/h10,12H,6-9H2,1-5H3. The van der Waals surface area contributed by atoms with Crippen molar-refractivity contribution in [3.05, 3.63) is 0 Å². The Hall–Kier alpha value is 0.310. The Morgan fingerprint density at radius 3 is 2.08 bits per heavy atom. The average Bonchev–Trinajstić information content (AvgIpc) is 2.37. The first-order valence-corrected chi connectivity index (χ1v) is 7.96. The van der Waals surface area contributed by atoms with E-state index in [2.05, 4.69) is 38.0 Å². The van der Waals surface area contributed by atoms with Crippen LogP contribution in [0.3, 0.4) is 0 Å². The Morgan fingerprint density at radius 2 is 1.77 bits per heavy atom.